The quantitative estimate of drug-likeness (QED) is 0.581. The normalized spacial score (nSPS) is 11.0. The summed E-state index contributed by atoms with van der Waals surface area (Å²) in [6.45, 7) is -0.203. The SMILES string of the molecule is O=[N+]([O-])n1c(CCc2ccccc2)c(CO)c2ccccc21. The first kappa shape index (κ1) is 14.3. The molecule has 112 valence electrons. The van der Waals surface area contributed by atoms with Gasteiger partial charge in [-0.25, -0.2) is 10.1 Å². The van der Waals surface area contributed by atoms with Crippen molar-refractivity contribution in [2.45, 2.75) is 19.4 Å². The number of nitro groups is 1. The summed E-state index contributed by atoms with van der Waals surface area (Å²) in [5.74, 6) is 0. The molecule has 0 bridgehead atoms. The van der Waals surface area contributed by atoms with E-state index in [9.17, 15) is 15.2 Å². The predicted molar refractivity (Wildman–Crippen MR) is 84.1 cm³/mol. The van der Waals surface area contributed by atoms with Crippen LogP contribution < -0.4 is 0 Å². The summed E-state index contributed by atoms with van der Waals surface area (Å²) in [6.07, 6.45) is 1.20. The first-order valence-corrected chi connectivity index (χ1v) is 7.13. The lowest BCUT2D eigenvalue weighted by molar-refractivity contribution is -0.539. The van der Waals surface area contributed by atoms with Crippen molar-refractivity contribution in [3.05, 3.63) is 81.5 Å². The number of hydrogen-bond donors (Lipinski definition) is 1. The van der Waals surface area contributed by atoms with Crippen LogP contribution >= 0.6 is 0 Å². The van der Waals surface area contributed by atoms with E-state index in [1.165, 1.54) is 0 Å². The van der Waals surface area contributed by atoms with Crippen LogP contribution in [0.15, 0.2) is 54.6 Å². The Hall–Kier alpha value is -2.66. The van der Waals surface area contributed by atoms with Gasteiger partial charge in [0.05, 0.1) is 12.3 Å². The minimum Gasteiger partial charge on any atom is -0.392 e. The number of benzene rings is 2. The van der Waals surface area contributed by atoms with Crippen LogP contribution in [0.4, 0.5) is 0 Å². The van der Waals surface area contributed by atoms with E-state index >= 15 is 0 Å². The Bertz CT molecular complexity index is 809. The average Bonchev–Trinajstić information content (AvgIpc) is 2.87. The number of para-hydroxylation sites is 1. The zero-order valence-electron chi connectivity index (χ0n) is 12.0. The Morgan fingerprint density at radius 2 is 1.68 bits per heavy atom. The van der Waals surface area contributed by atoms with Crippen molar-refractivity contribution in [1.82, 2.24) is 4.68 Å². The van der Waals surface area contributed by atoms with Crippen molar-refractivity contribution in [2.24, 2.45) is 0 Å². The molecule has 0 fully saturated rings. The summed E-state index contributed by atoms with van der Waals surface area (Å²) in [7, 11) is 0. The number of rotatable bonds is 5. The number of aromatic nitrogens is 1. The third kappa shape index (κ3) is 2.46. The second-order valence-electron chi connectivity index (χ2n) is 5.14. The van der Waals surface area contributed by atoms with Crippen molar-refractivity contribution >= 4 is 10.9 Å². The highest BCUT2D eigenvalue weighted by Crippen LogP contribution is 2.27. The van der Waals surface area contributed by atoms with Crippen molar-refractivity contribution in [3.8, 4) is 0 Å². The molecule has 0 atom stereocenters. The molecule has 3 rings (SSSR count). The van der Waals surface area contributed by atoms with Crippen LogP contribution in [0.25, 0.3) is 10.9 Å². The first-order valence-electron chi connectivity index (χ1n) is 7.13. The van der Waals surface area contributed by atoms with E-state index in [1.54, 1.807) is 12.1 Å². The lowest BCUT2D eigenvalue weighted by atomic mass is 10.0. The number of nitrogens with zero attached hydrogens (tertiary/aromatic N) is 2. The third-order valence-corrected chi connectivity index (χ3v) is 3.88. The van der Waals surface area contributed by atoms with Gasteiger partial charge >= 0.3 is 0 Å². The van der Waals surface area contributed by atoms with Gasteiger partial charge in [-0.2, -0.15) is 0 Å². The van der Waals surface area contributed by atoms with Gasteiger partial charge < -0.3 is 5.11 Å². The molecule has 5 nitrogen and oxygen atoms in total. The Kier molecular flexibility index (Phi) is 3.89. The second-order valence-corrected chi connectivity index (χ2v) is 5.14. The minimum absolute atomic E-state index is 0.203. The molecule has 0 spiro atoms. The summed E-state index contributed by atoms with van der Waals surface area (Å²) in [5, 5.41) is 21.5. The molecule has 0 aliphatic carbocycles. The zero-order chi connectivity index (χ0) is 15.5. The molecule has 0 aliphatic heterocycles. The molecule has 2 aromatic carbocycles. The van der Waals surface area contributed by atoms with E-state index in [0.717, 1.165) is 15.6 Å². The monoisotopic (exact) mass is 296 g/mol. The van der Waals surface area contributed by atoms with E-state index in [1.807, 2.05) is 42.5 Å². The zero-order valence-corrected chi connectivity index (χ0v) is 12.0. The maximum atomic E-state index is 11.5. The van der Waals surface area contributed by atoms with Crippen LogP contribution in [0.3, 0.4) is 0 Å². The molecule has 3 aromatic rings. The van der Waals surface area contributed by atoms with Gasteiger partial charge in [0.25, 0.3) is 0 Å². The van der Waals surface area contributed by atoms with Crippen molar-refractivity contribution in [2.75, 3.05) is 0 Å². The molecule has 1 heterocycles. The molecule has 0 amide bonds. The third-order valence-electron chi connectivity index (χ3n) is 3.88. The maximum absolute atomic E-state index is 11.5. The number of aliphatic hydroxyl groups excluding tert-OH is 1. The van der Waals surface area contributed by atoms with E-state index in [4.69, 9.17) is 0 Å². The van der Waals surface area contributed by atoms with Gasteiger partial charge in [0, 0.05) is 10.9 Å². The summed E-state index contributed by atoms with van der Waals surface area (Å²) >= 11 is 0. The largest absolute Gasteiger partial charge is 0.392 e. The summed E-state index contributed by atoms with van der Waals surface area (Å²) in [5.41, 5.74) is 2.85. The lowest BCUT2D eigenvalue weighted by Crippen LogP contribution is -2.13. The fourth-order valence-electron chi connectivity index (χ4n) is 2.87. The number of hydrogen-bond acceptors (Lipinski definition) is 3. The summed E-state index contributed by atoms with van der Waals surface area (Å²) in [4.78, 5) is 11.5. The lowest BCUT2D eigenvalue weighted by Gasteiger charge is -2.04. The molecule has 0 saturated carbocycles. The van der Waals surface area contributed by atoms with Gasteiger partial charge in [0.1, 0.15) is 5.52 Å². The van der Waals surface area contributed by atoms with Crippen LogP contribution in [0.1, 0.15) is 16.8 Å². The molecule has 1 aromatic heterocycles. The summed E-state index contributed by atoms with van der Waals surface area (Å²) < 4.78 is 1.10. The van der Waals surface area contributed by atoms with Crippen molar-refractivity contribution < 1.29 is 10.1 Å². The minimum atomic E-state index is -0.415. The van der Waals surface area contributed by atoms with Crippen LogP contribution in [-0.4, -0.2) is 14.8 Å². The van der Waals surface area contributed by atoms with E-state index in [-0.39, 0.29) is 6.61 Å². The van der Waals surface area contributed by atoms with Crippen molar-refractivity contribution in [3.63, 3.8) is 0 Å². The fraction of sp³-hybridized carbons (Fsp3) is 0.176. The molecule has 0 unspecified atom stereocenters. The van der Waals surface area contributed by atoms with Gasteiger partial charge in [-0.3, -0.25) is 0 Å². The van der Waals surface area contributed by atoms with Gasteiger partial charge in [-0.1, -0.05) is 53.2 Å². The van der Waals surface area contributed by atoms with E-state index < -0.39 is 5.03 Å². The average molecular weight is 296 g/mol. The molecule has 0 saturated heterocycles. The maximum Gasteiger partial charge on any atom is 0.169 e. The van der Waals surface area contributed by atoms with Crippen LogP contribution in [0.2, 0.25) is 0 Å². The Morgan fingerprint density at radius 3 is 2.36 bits per heavy atom. The standard InChI is InChI=1S/C17H16N2O3/c20-12-15-14-8-4-5-9-16(14)18(19(21)22)17(15)11-10-13-6-2-1-3-7-13/h1-9,20H,10-12H2. The Balaban J connectivity index is 2.07. The molecule has 22 heavy (non-hydrogen) atoms. The molecule has 5 heteroatoms. The summed E-state index contributed by atoms with van der Waals surface area (Å²) in [6, 6.07) is 17.0. The van der Waals surface area contributed by atoms with Crippen molar-refractivity contribution in [1.29, 1.82) is 0 Å². The van der Waals surface area contributed by atoms with Crippen LogP contribution in [0, 0.1) is 10.1 Å². The Morgan fingerprint density at radius 1 is 1.00 bits per heavy atom. The van der Waals surface area contributed by atoms with Crippen LogP contribution in [0.5, 0.6) is 0 Å². The highest BCUT2D eigenvalue weighted by Gasteiger charge is 2.22. The van der Waals surface area contributed by atoms with Gasteiger partial charge in [0.2, 0.25) is 0 Å². The molecular weight excluding hydrogens is 280 g/mol. The molecule has 1 N–H and O–H groups in total. The van der Waals surface area contributed by atoms with Crippen LogP contribution in [-0.2, 0) is 19.4 Å². The van der Waals surface area contributed by atoms with Gasteiger partial charge in [-0.15, -0.1) is 0 Å². The van der Waals surface area contributed by atoms with E-state index in [0.29, 0.717) is 29.6 Å². The van der Waals surface area contributed by atoms with Gasteiger partial charge in [0.15, 0.2) is 5.03 Å². The topological polar surface area (TPSA) is 68.3 Å². The Labute approximate surface area is 127 Å². The number of aryl methyl sites for hydroxylation is 1. The number of aliphatic hydroxyl groups is 1. The fourth-order valence-corrected chi connectivity index (χ4v) is 2.87. The molecular formula is C17H16N2O3. The molecule has 0 radical (unpaired) electrons. The highest BCUT2D eigenvalue weighted by molar-refractivity contribution is 5.85. The predicted octanol–water partition coefficient (Wildman–Crippen LogP) is 2.96. The number of fused-ring (bicyclic) bond motifs is 1. The van der Waals surface area contributed by atoms with E-state index in [2.05, 4.69) is 0 Å². The smallest absolute Gasteiger partial charge is 0.169 e. The highest BCUT2D eigenvalue weighted by atomic mass is 16.7. The molecule has 0 aliphatic rings. The first-order chi connectivity index (χ1) is 10.7. The van der Waals surface area contributed by atoms with Gasteiger partial charge in [-0.05, 0) is 24.5 Å². The second kappa shape index (κ2) is 5.99.